The molecule has 0 saturated carbocycles. The van der Waals surface area contributed by atoms with Gasteiger partial charge in [0.1, 0.15) is 5.75 Å². The van der Waals surface area contributed by atoms with E-state index in [1.165, 1.54) is 0 Å². The summed E-state index contributed by atoms with van der Waals surface area (Å²) in [6, 6.07) is 3.75. The zero-order chi connectivity index (χ0) is 9.84. The molecule has 1 aromatic carbocycles. The zero-order valence-corrected chi connectivity index (χ0v) is 9.22. The van der Waals surface area contributed by atoms with Crippen LogP contribution in [-0.2, 0) is 0 Å². The molecule has 0 aliphatic heterocycles. The van der Waals surface area contributed by atoms with Gasteiger partial charge in [-0.1, -0.05) is 0 Å². The quantitative estimate of drug-likeness (QED) is 0.763. The number of ether oxygens (including phenoxy) is 1. The van der Waals surface area contributed by atoms with E-state index in [0.29, 0.717) is 17.9 Å². The van der Waals surface area contributed by atoms with Gasteiger partial charge in [0, 0.05) is 4.47 Å². The second kappa shape index (κ2) is 4.42. The number of halogens is 1. The molecular weight excluding hydrogens is 232 g/mol. The summed E-state index contributed by atoms with van der Waals surface area (Å²) in [7, 11) is 0. The Labute approximate surface area is 86.0 Å². The Bertz CT molecular complexity index is 321. The molecule has 0 spiro atoms. The molecule has 2 nitrogen and oxygen atoms in total. The fourth-order valence-corrected chi connectivity index (χ4v) is 1.76. The van der Waals surface area contributed by atoms with E-state index in [9.17, 15) is 4.79 Å². The number of carbonyl (C=O) groups excluding carboxylic acids is 1. The first-order valence-electron chi connectivity index (χ1n) is 4.07. The normalized spacial score (nSPS) is 9.77. The number of benzene rings is 1. The zero-order valence-electron chi connectivity index (χ0n) is 7.63. The second-order valence-electron chi connectivity index (χ2n) is 2.71. The maximum absolute atomic E-state index is 10.7. The molecule has 0 unspecified atom stereocenters. The van der Waals surface area contributed by atoms with Crippen LogP contribution in [0.25, 0.3) is 0 Å². The lowest BCUT2D eigenvalue weighted by Crippen LogP contribution is -1.97. The Morgan fingerprint density at radius 1 is 1.54 bits per heavy atom. The van der Waals surface area contributed by atoms with Gasteiger partial charge in [0.15, 0.2) is 6.29 Å². The molecule has 0 atom stereocenters. The van der Waals surface area contributed by atoms with E-state index in [2.05, 4.69) is 15.9 Å². The lowest BCUT2D eigenvalue weighted by molar-refractivity contribution is 0.111. The minimum absolute atomic E-state index is 0.566. The van der Waals surface area contributed by atoms with Gasteiger partial charge < -0.3 is 4.74 Å². The highest BCUT2D eigenvalue weighted by Crippen LogP contribution is 2.27. The highest BCUT2D eigenvalue weighted by Gasteiger charge is 2.07. The third-order valence-corrected chi connectivity index (χ3v) is 2.31. The maximum Gasteiger partial charge on any atom is 0.154 e. The second-order valence-corrected chi connectivity index (χ2v) is 3.56. The number of carbonyl (C=O) groups is 1. The molecule has 0 aromatic heterocycles. The van der Waals surface area contributed by atoms with Crippen molar-refractivity contribution in [1.82, 2.24) is 0 Å². The van der Waals surface area contributed by atoms with Gasteiger partial charge in [-0.25, -0.2) is 0 Å². The minimum Gasteiger partial charge on any atom is -0.493 e. The molecule has 3 heteroatoms. The van der Waals surface area contributed by atoms with Crippen LogP contribution in [0.3, 0.4) is 0 Å². The summed E-state index contributed by atoms with van der Waals surface area (Å²) >= 11 is 3.32. The average Bonchev–Trinajstić information content (AvgIpc) is 2.04. The molecular formula is C10H11BrO2. The van der Waals surface area contributed by atoms with E-state index in [1.807, 2.05) is 26.0 Å². The number of aldehydes is 1. The van der Waals surface area contributed by atoms with Gasteiger partial charge in [0.2, 0.25) is 0 Å². The summed E-state index contributed by atoms with van der Waals surface area (Å²) in [4.78, 5) is 10.7. The van der Waals surface area contributed by atoms with Crippen LogP contribution in [0.4, 0.5) is 0 Å². The molecule has 13 heavy (non-hydrogen) atoms. The van der Waals surface area contributed by atoms with Crippen molar-refractivity contribution in [1.29, 1.82) is 0 Å². The topological polar surface area (TPSA) is 26.3 Å². The van der Waals surface area contributed by atoms with Crippen LogP contribution < -0.4 is 4.74 Å². The lowest BCUT2D eigenvalue weighted by Gasteiger charge is -2.08. The van der Waals surface area contributed by atoms with Crippen molar-refractivity contribution in [3.63, 3.8) is 0 Å². The van der Waals surface area contributed by atoms with E-state index in [1.54, 1.807) is 0 Å². The Kier molecular flexibility index (Phi) is 3.48. The van der Waals surface area contributed by atoms with Crippen molar-refractivity contribution in [2.75, 3.05) is 6.61 Å². The predicted octanol–water partition coefficient (Wildman–Crippen LogP) is 2.97. The molecule has 0 radical (unpaired) electrons. The fraction of sp³-hybridized carbons (Fsp3) is 0.300. The predicted molar refractivity (Wildman–Crippen MR) is 55.4 cm³/mol. The molecule has 0 aliphatic rings. The molecule has 1 rings (SSSR count). The van der Waals surface area contributed by atoms with Crippen molar-refractivity contribution < 1.29 is 9.53 Å². The number of hydrogen-bond donors (Lipinski definition) is 0. The molecule has 0 bridgehead atoms. The Morgan fingerprint density at radius 3 is 2.77 bits per heavy atom. The SMILES string of the molecule is CCOc1cc(C)cc(Br)c1C=O. The van der Waals surface area contributed by atoms with Crippen molar-refractivity contribution in [2.45, 2.75) is 13.8 Å². The fourth-order valence-electron chi connectivity index (χ4n) is 1.11. The first-order valence-corrected chi connectivity index (χ1v) is 4.86. The smallest absolute Gasteiger partial charge is 0.154 e. The Hall–Kier alpha value is -0.830. The number of rotatable bonds is 3. The summed E-state index contributed by atoms with van der Waals surface area (Å²) < 4.78 is 6.11. The molecule has 70 valence electrons. The minimum atomic E-state index is 0.566. The first kappa shape index (κ1) is 10.3. The first-order chi connectivity index (χ1) is 6.19. The van der Waals surface area contributed by atoms with Gasteiger partial charge in [-0.05, 0) is 47.5 Å². The molecule has 0 aliphatic carbocycles. The van der Waals surface area contributed by atoms with Crippen molar-refractivity contribution in [3.8, 4) is 5.75 Å². The molecule has 1 aromatic rings. The van der Waals surface area contributed by atoms with Crippen LogP contribution >= 0.6 is 15.9 Å². The van der Waals surface area contributed by atoms with Crippen LogP contribution in [-0.4, -0.2) is 12.9 Å². The van der Waals surface area contributed by atoms with Crippen molar-refractivity contribution in [3.05, 3.63) is 27.7 Å². The van der Waals surface area contributed by atoms with Crippen LogP contribution in [0, 0.1) is 6.92 Å². The van der Waals surface area contributed by atoms with Gasteiger partial charge in [0.25, 0.3) is 0 Å². The summed E-state index contributed by atoms with van der Waals surface area (Å²) in [6.07, 6.45) is 0.800. The largest absolute Gasteiger partial charge is 0.493 e. The van der Waals surface area contributed by atoms with Crippen molar-refractivity contribution in [2.24, 2.45) is 0 Å². The molecule has 0 saturated heterocycles. The number of hydrogen-bond acceptors (Lipinski definition) is 2. The van der Waals surface area contributed by atoms with Gasteiger partial charge in [-0.3, -0.25) is 4.79 Å². The van der Waals surface area contributed by atoms with E-state index >= 15 is 0 Å². The van der Waals surface area contributed by atoms with Crippen LogP contribution in [0.2, 0.25) is 0 Å². The molecule has 0 N–H and O–H groups in total. The lowest BCUT2D eigenvalue weighted by atomic mass is 10.1. The summed E-state index contributed by atoms with van der Waals surface area (Å²) in [5, 5.41) is 0. The van der Waals surface area contributed by atoms with Gasteiger partial charge >= 0.3 is 0 Å². The molecule has 0 amide bonds. The van der Waals surface area contributed by atoms with Gasteiger partial charge in [-0.15, -0.1) is 0 Å². The summed E-state index contributed by atoms with van der Waals surface area (Å²) in [5.41, 5.74) is 1.65. The summed E-state index contributed by atoms with van der Waals surface area (Å²) in [5.74, 6) is 0.643. The molecule has 0 fully saturated rings. The van der Waals surface area contributed by atoms with E-state index in [0.717, 1.165) is 16.3 Å². The van der Waals surface area contributed by atoms with Crippen LogP contribution in [0.5, 0.6) is 5.75 Å². The molecule has 0 heterocycles. The third-order valence-electron chi connectivity index (χ3n) is 1.65. The van der Waals surface area contributed by atoms with E-state index in [-0.39, 0.29) is 0 Å². The Morgan fingerprint density at radius 2 is 2.23 bits per heavy atom. The third kappa shape index (κ3) is 2.31. The van der Waals surface area contributed by atoms with Gasteiger partial charge in [-0.2, -0.15) is 0 Å². The van der Waals surface area contributed by atoms with Crippen LogP contribution in [0.1, 0.15) is 22.8 Å². The Balaban J connectivity index is 3.20. The standard InChI is InChI=1S/C10H11BrO2/c1-3-13-10-5-7(2)4-9(11)8(10)6-12/h4-6H,3H2,1-2H3. The maximum atomic E-state index is 10.7. The highest BCUT2D eigenvalue weighted by atomic mass is 79.9. The van der Waals surface area contributed by atoms with Crippen molar-refractivity contribution >= 4 is 22.2 Å². The van der Waals surface area contributed by atoms with E-state index < -0.39 is 0 Å². The number of aryl methyl sites for hydroxylation is 1. The monoisotopic (exact) mass is 242 g/mol. The average molecular weight is 243 g/mol. The van der Waals surface area contributed by atoms with Crippen LogP contribution in [0.15, 0.2) is 16.6 Å². The van der Waals surface area contributed by atoms with Gasteiger partial charge in [0.05, 0.1) is 12.2 Å². The highest BCUT2D eigenvalue weighted by molar-refractivity contribution is 9.10. The van der Waals surface area contributed by atoms with E-state index in [4.69, 9.17) is 4.74 Å². The summed E-state index contributed by atoms with van der Waals surface area (Å²) in [6.45, 7) is 4.42.